The van der Waals surface area contributed by atoms with Crippen LogP contribution in [0.25, 0.3) is 22.2 Å². The van der Waals surface area contributed by atoms with Crippen molar-refractivity contribution in [1.82, 2.24) is 9.71 Å². The van der Waals surface area contributed by atoms with Gasteiger partial charge in [-0.3, -0.25) is 4.98 Å². The van der Waals surface area contributed by atoms with E-state index in [1.54, 1.807) is 31.5 Å². The van der Waals surface area contributed by atoms with Gasteiger partial charge in [-0.2, -0.15) is 0 Å². The molecular formula is C16H15ClN2O3S. The molecule has 0 atom stereocenters. The summed E-state index contributed by atoms with van der Waals surface area (Å²) in [5.74, 6) is -0.0658. The van der Waals surface area contributed by atoms with Gasteiger partial charge in [-0.1, -0.05) is 36.7 Å². The van der Waals surface area contributed by atoms with Crippen molar-refractivity contribution >= 4 is 32.7 Å². The summed E-state index contributed by atoms with van der Waals surface area (Å²) in [5.41, 5.74) is 3.65. The minimum absolute atomic E-state index is 0.0658. The lowest BCUT2D eigenvalue weighted by Gasteiger charge is -2.06. The first-order valence-electron chi connectivity index (χ1n) is 7.08. The highest BCUT2D eigenvalue weighted by Crippen LogP contribution is 2.31. The fourth-order valence-electron chi connectivity index (χ4n) is 2.41. The molecule has 0 spiro atoms. The maximum atomic E-state index is 11.9. The van der Waals surface area contributed by atoms with Gasteiger partial charge in [0, 0.05) is 24.4 Å². The first-order chi connectivity index (χ1) is 11.0. The number of nitrogens with one attached hydrogen (secondary N) is 1. The standard InChI is InChI=1S/C16H15ClN2O3S/c1-2-19-23(20,21)10-11-4-3-5-12(6-11)14-9-22-15-7-13(17)8-18-16(14)15/h3-9,19H,2,10H2,1H3. The Balaban J connectivity index is 1.99. The monoisotopic (exact) mass is 350 g/mol. The van der Waals surface area contributed by atoms with Crippen LogP contribution in [0, 0.1) is 0 Å². The third-order valence-electron chi connectivity index (χ3n) is 3.34. The van der Waals surface area contributed by atoms with Gasteiger partial charge in [0.25, 0.3) is 0 Å². The Hall–Kier alpha value is -1.89. The highest BCUT2D eigenvalue weighted by atomic mass is 35.5. The van der Waals surface area contributed by atoms with Crippen molar-refractivity contribution in [3.8, 4) is 11.1 Å². The van der Waals surface area contributed by atoms with Gasteiger partial charge in [-0.05, 0) is 17.2 Å². The summed E-state index contributed by atoms with van der Waals surface area (Å²) >= 11 is 5.91. The molecule has 0 aliphatic rings. The number of hydrogen-bond donors (Lipinski definition) is 1. The maximum Gasteiger partial charge on any atom is 0.215 e. The third-order valence-corrected chi connectivity index (χ3v) is 4.99. The number of hydrogen-bond acceptors (Lipinski definition) is 4. The zero-order valence-electron chi connectivity index (χ0n) is 12.4. The molecule has 1 N–H and O–H groups in total. The Morgan fingerprint density at radius 2 is 2.13 bits per heavy atom. The van der Waals surface area contributed by atoms with Crippen LogP contribution < -0.4 is 4.72 Å². The molecule has 2 heterocycles. The van der Waals surface area contributed by atoms with Gasteiger partial charge < -0.3 is 4.42 Å². The van der Waals surface area contributed by atoms with Crippen LogP contribution in [0.15, 0.2) is 47.2 Å². The summed E-state index contributed by atoms with van der Waals surface area (Å²) in [6.45, 7) is 2.13. The molecule has 0 saturated carbocycles. The van der Waals surface area contributed by atoms with Crippen LogP contribution in [0.1, 0.15) is 12.5 Å². The van der Waals surface area contributed by atoms with Crippen molar-refractivity contribution < 1.29 is 12.8 Å². The Morgan fingerprint density at radius 3 is 2.91 bits per heavy atom. The Labute approximate surface area is 139 Å². The molecule has 0 unspecified atom stereocenters. The SMILES string of the molecule is CCNS(=O)(=O)Cc1cccc(-c2coc3cc(Cl)cnc23)c1. The van der Waals surface area contributed by atoms with Crippen molar-refractivity contribution in [1.29, 1.82) is 0 Å². The molecule has 5 nitrogen and oxygen atoms in total. The van der Waals surface area contributed by atoms with E-state index in [2.05, 4.69) is 9.71 Å². The maximum absolute atomic E-state index is 11.9. The molecule has 1 aromatic carbocycles. The van der Waals surface area contributed by atoms with Crippen LogP contribution in [0.2, 0.25) is 5.02 Å². The zero-order valence-corrected chi connectivity index (χ0v) is 14.0. The van der Waals surface area contributed by atoms with E-state index in [1.807, 2.05) is 18.2 Å². The summed E-state index contributed by atoms with van der Waals surface area (Å²) in [7, 11) is -3.32. The Kier molecular flexibility index (Phi) is 4.39. The topological polar surface area (TPSA) is 72.2 Å². The van der Waals surface area contributed by atoms with E-state index in [1.165, 1.54) is 0 Å². The van der Waals surface area contributed by atoms with Gasteiger partial charge in [0.15, 0.2) is 5.58 Å². The number of furan rings is 1. The predicted molar refractivity (Wildman–Crippen MR) is 90.8 cm³/mol. The average Bonchev–Trinajstić information content (AvgIpc) is 2.89. The number of nitrogens with zero attached hydrogens (tertiary/aromatic N) is 1. The largest absolute Gasteiger partial charge is 0.462 e. The van der Waals surface area contributed by atoms with Gasteiger partial charge in [0.1, 0.15) is 11.8 Å². The van der Waals surface area contributed by atoms with Crippen molar-refractivity contribution in [2.75, 3.05) is 6.54 Å². The number of fused-ring (bicyclic) bond motifs is 1. The molecule has 23 heavy (non-hydrogen) atoms. The second-order valence-corrected chi connectivity index (χ2v) is 7.35. The van der Waals surface area contributed by atoms with E-state index in [9.17, 15) is 8.42 Å². The van der Waals surface area contributed by atoms with Crippen molar-refractivity contribution in [2.45, 2.75) is 12.7 Å². The van der Waals surface area contributed by atoms with Crippen LogP contribution in [-0.4, -0.2) is 19.9 Å². The van der Waals surface area contributed by atoms with Crippen LogP contribution in [-0.2, 0) is 15.8 Å². The van der Waals surface area contributed by atoms with Gasteiger partial charge in [-0.25, -0.2) is 13.1 Å². The fraction of sp³-hybridized carbons (Fsp3) is 0.188. The highest BCUT2D eigenvalue weighted by molar-refractivity contribution is 7.88. The lowest BCUT2D eigenvalue weighted by Crippen LogP contribution is -2.24. The van der Waals surface area contributed by atoms with E-state index in [0.29, 0.717) is 28.2 Å². The molecular weight excluding hydrogens is 336 g/mol. The van der Waals surface area contributed by atoms with Crippen molar-refractivity contribution in [3.05, 3.63) is 53.4 Å². The van der Waals surface area contributed by atoms with Crippen LogP contribution >= 0.6 is 11.6 Å². The van der Waals surface area contributed by atoms with E-state index < -0.39 is 10.0 Å². The molecule has 0 aliphatic carbocycles. The van der Waals surface area contributed by atoms with Gasteiger partial charge in [-0.15, -0.1) is 0 Å². The number of aromatic nitrogens is 1. The number of benzene rings is 1. The van der Waals surface area contributed by atoms with E-state index in [0.717, 1.165) is 11.1 Å². The van der Waals surface area contributed by atoms with E-state index in [-0.39, 0.29) is 5.75 Å². The highest BCUT2D eigenvalue weighted by Gasteiger charge is 2.13. The summed E-state index contributed by atoms with van der Waals surface area (Å²) < 4.78 is 31.8. The van der Waals surface area contributed by atoms with Gasteiger partial charge in [0.05, 0.1) is 10.8 Å². The van der Waals surface area contributed by atoms with E-state index >= 15 is 0 Å². The van der Waals surface area contributed by atoms with Crippen LogP contribution in [0.3, 0.4) is 0 Å². The molecule has 0 amide bonds. The lowest BCUT2D eigenvalue weighted by atomic mass is 10.1. The molecule has 0 radical (unpaired) electrons. The molecule has 3 aromatic rings. The van der Waals surface area contributed by atoms with Gasteiger partial charge in [0.2, 0.25) is 10.0 Å². The third kappa shape index (κ3) is 3.55. The Bertz CT molecular complexity index is 951. The first-order valence-corrected chi connectivity index (χ1v) is 9.11. The number of rotatable bonds is 5. The Morgan fingerprint density at radius 1 is 1.30 bits per heavy atom. The second-order valence-electron chi connectivity index (χ2n) is 5.11. The smallest absolute Gasteiger partial charge is 0.215 e. The molecule has 2 aromatic heterocycles. The van der Waals surface area contributed by atoms with Crippen molar-refractivity contribution in [2.24, 2.45) is 0 Å². The predicted octanol–water partition coefficient (Wildman–Crippen LogP) is 3.59. The zero-order chi connectivity index (χ0) is 16.4. The fourth-order valence-corrected chi connectivity index (χ4v) is 3.72. The molecule has 120 valence electrons. The number of halogens is 1. The summed E-state index contributed by atoms with van der Waals surface area (Å²) in [5, 5.41) is 0.504. The van der Waals surface area contributed by atoms with Crippen LogP contribution in [0.4, 0.5) is 0 Å². The number of sulfonamides is 1. The molecule has 0 aliphatic heterocycles. The number of pyridine rings is 1. The summed E-state index contributed by atoms with van der Waals surface area (Å²) in [4.78, 5) is 4.29. The molecule has 0 saturated heterocycles. The van der Waals surface area contributed by atoms with E-state index in [4.69, 9.17) is 16.0 Å². The molecule has 7 heteroatoms. The normalized spacial score (nSPS) is 11.9. The minimum atomic E-state index is -3.32. The molecule has 3 rings (SSSR count). The minimum Gasteiger partial charge on any atom is -0.462 e. The summed E-state index contributed by atoms with van der Waals surface area (Å²) in [6, 6.07) is 9.03. The lowest BCUT2D eigenvalue weighted by molar-refractivity contribution is 0.583. The quantitative estimate of drug-likeness (QED) is 0.763. The molecule has 0 bridgehead atoms. The summed E-state index contributed by atoms with van der Waals surface area (Å²) in [6.07, 6.45) is 3.16. The van der Waals surface area contributed by atoms with Gasteiger partial charge >= 0.3 is 0 Å². The average molecular weight is 351 g/mol. The van der Waals surface area contributed by atoms with Crippen molar-refractivity contribution in [3.63, 3.8) is 0 Å². The van der Waals surface area contributed by atoms with Crippen LogP contribution in [0.5, 0.6) is 0 Å². The first kappa shape index (κ1) is 16.0. The molecule has 0 fully saturated rings. The second kappa shape index (κ2) is 6.31.